The highest BCUT2D eigenvalue weighted by Gasteiger charge is 2.36. The zero-order valence-electron chi connectivity index (χ0n) is 28.2. The number of amides is 2. The molecule has 0 saturated heterocycles. The minimum atomic E-state index is -1.02. The first-order valence-electron chi connectivity index (χ1n) is 16.6. The molecular weight excluding hydrogens is 642 g/mol. The summed E-state index contributed by atoms with van der Waals surface area (Å²) < 4.78 is 44.2. The van der Waals surface area contributed by atoms with Crippen LogP contribution in [0.3, 0.4) is 0 Å². The summed E-state index contributed by atoms with van der Waals surface area (Å²) in [6.45, 7) is 8.33. The lowest BCUT2D eigenvalue weighted by Gasteiger charge is -2.28. The smallest absolute Gasteiger partial charge is 0.411 e. The average Bonchev–Trinajstić information content (AvgIpc) is 3.44. The van der Waals surface area contributed by atoms with Crippen LogP contribution in [0.15, 0.2) is 97.1 Å². The van der Waals surface area contributed by atoms with Crippen molar-refractivity contribution in [2.75, 3.05) is 11.9 Å². The number of Topliss-reactive ketones (excluding diaryl/α,β-unsaturated/α-hetero) is 1. The fourth-order valence-electron chi connectivity index (χ4n) is 5.78. The molecule has 8 nitrogen and oxygen atoms in total. The van der Waals surface area contributed by atoms with E-state index in [1.165, 1.54) is 11.6 Å². The highest BCUT2D eigenvalue weighted by atomic mass is 19.2. The number of nitrogens with one attached hydrogen (secondary N) is 1. The van der Waals surface area contributed by atoms with Crippen LogP contribution in [0, 0.1) is 11.6 Å². The summed E-state index contributed by atoms with van der Waals surface area (Å²) >= 11 is 0. The minimum Gasteiger partial charge on any atom is -0.492 e. The molecule has 0 aromatic heterocycles. The van der Waals surface area contributed by atoms with Crippen LogP contribution >= 0.6 is 0 Å². The molecule has 1 aliphatic rings. The van der Waals surface area contributed by atoms with Gasteiger partial charge < -0.3 is 19.1 Å². The van der Waals surface area contributed by atoms with E-state index in [-0.39, 0.29) is 30.1 Å². The second-order valence-corrected chi connectivity index (χ2v) is 12.2. The SMILES string of the molecule is C=C(C)C(CCC(=O)CC)N1Cc2ccc(COC(=O)Nc3ccc(Oc4ccc(F)c(F)c4)cc3)c(OCCCc3ccccc3)c2C1=O. The highest BCUT2D eigenvalue weighted by molar-refractivity contribution is 6.02. The monoisotopic (exact) mass is 682 g/mol. The van der Waals surface area contributed by atoms with Crippen LogP contribution in [-0.2, 0) is 29.1 Å². The summed E-state index contributed by atoms with van der Waals surface area (Å²) in [6.07, 6.45) is 2.05. The Morgan fingerprint density at radius 1 is 0.960 bits per heavy atom. The number of hydrogen-bond donors (Lipinski definition) is 1. The number of anilines is 1. The molecule has 1 heterocycles. The zero-order chi connectivity index (χ0) is 35.6. The second kappa shape index (κ2) is 16.7. The maximum atomic E-state index is 14.0. The Bertz CT molecular complexity index is 1850. The van der Waals surface area contributed by atoms with E-state index in [4.69, 9.17) is 14.2 Å². The Kier molecular flexibility index (Phi) is 12.0. The van der Waals surface area contributed by atoms with Gasteiger partial charge in [-0.25, -0.2) is 13.6 Å². The second-order valence-electron chi connectivity index (χ2n) is 12.2. The molecule has 0 aliphatic carbocycles. The molecule has 0 radical (unpaired) electrons. The molecule has 1 atom stereocenters. The standard InChI is InChI=1S/C40H40F2N2O6/c1-4-31(45)16-21-36(26(2)3)44-24-28-12-13-29(38(37(28)39(44)46)48-22-8-11-27-9-6-5-7-10-27)25-49-40(47)43-30-14-17-32(18-15-30)50-33-19-20-34(41)35(42)23-33/h5-7,9-10,12-15,17-20,23,36H,2,4,8,11,16,21-22,24-25H2,1,3H3,(H,43,47). The average molecular weight is 683 g/mol. The normalized spacial score (nSPS) is 12.6. The number of hydrogen-bond acceptors (Lipinski definition) is 6. The van der Waals surface area contributed by atoms with Crippen LogP contribution in [0.1, 0.15) is 66.6 Å². The molecule has 4 aromatic rings. The van der Waals surface area contributed by atoms with E-state index in [2.05, 4.69) is 11.9 Å². The predicted octanol–water partition coefficient (Wildman–Crippen LogP) is 9.18. The van der Waals surface area contributed by atoms with Crippen molar-refractivity contribution in [1.82, 2.24) is 4.90 Å². The molecule has 50 heavy (non-hydrogen) atoms. The molecule has 260 valence electrons. The number of fused-ring (bicyclic) bond motifs is 1. The third-order valence-electron chi connectivity index (χ3n) is 8.46. The fourth-order valence-corrected chi connectivity index (χ4v) is 5.78. The Balaban J connectivity index is 1.27. The lowest BCUT2D eigenvalue weighted by atomic mass is 10.0. The van der Waals surface area contributed by atoms with Gasteiger partial charge in [0.1, 0.15) is 29.6 Å². The van der Waals surface area contributed by atoms with Crippen molar-refractivity contribution in [1.29, 1.82) is 0 Å². The first kappa shape index (κ1) is 35.8. The lowest BCUT2D eigenvalue weighted by Crippen LogP contribution is -2.36. The van der Waals surface area contributed by atoms with Crippen LogP contribution in [0.2, 0.25) is 0 Å². The molecule has 4 aromatic carbocycles. The van der Waals surface area contributed by atoms with E-state index < -0.39 is 17.7 Å². The van der Waals surface area contributed by atoms with E-state index in [0.717, 1.165) is 29.7 Å². The van der Waals surface area contributed by atoms with Crippen molar-refractivity contribution in [3.05, 3.63) is 131 Å². The molecule has 0 fully saturated rings. The van der Waals surface area contributed by atoms with Crippen molar-refractivity contribution in [2.45, 2.75) is 65.1 Å². The number of ketones is 1. The van der Waals surface area contributed by atoms with Gasteiger partial charge in [0.15, 0.2) is 11.6 Å². The summed E-state index contributed by atoms with van der Waals surface area (Å²) in [4.78, 5) is 40.7. The Morgan fingerprint density at radius 2 is 1.70 bits per heavy atom. The van der Waals surface area contributed by atoms with Crippen molar-refractivity contribution < 1.29 is 37.4 Å². The van der Waals surface area contributed by atoms with Crippen LogP contribution in [0.25, 0.3) is 0 Å². The van der Waals surface area contributed by atoms with Crippen molar-refractivity contribution in [3.8, 4) is 17.2 Å². The number of carbonyl (C=O) groups excluding carboxylic acids is 3. The molecule has 5 rings (SSSR count). The molecule has 1 aliphatic heterocycles. The van der Waals surface area contributed by atoms with Crippen molar-refractivity contribution >= 4 is 23.5 Å². The first-order valence-corrected chi connectivity index (χ1v) is 16.6. The van der Waals surface area contributed by atoms with Gasteiger partial charge in [-0.1, -0.05) is 61.5 Å². The molecule has 0 bridgehead atoms. The summed E-state index contributed by atoms with van der Waals surface area (Å²) in [7, 11) is 0. The molecule has 0 spiro atoms. The topological polar surface area (TPSA) is 94.2 Å². The van der Waals surface area contributed by atoms with Gasteiger partial charge in [-0.3, -0.25) is 14.9 Å². The maximum absolute atomic E-state index is 14.0. The van der Waals surface area contributed by atoms with E-state index in [1.807, 2.05) is 50.2 Å². The molecule has 10 heteroatoms. The van der Waals surface area contributed by atoms with Gasteiger partial charge in [0.25, 0.3) is 5.91 Å². The van der Waals surface area contributed by atoms with E-state index in [0.29, 0.717) is 67.1 Å². The van der Waals surface area contributed by atoms with Crippen molar-refractivity contribution in [3.63, 3.8) is 0 Å². The quantitative estimate of drug-likeness (QED) is 0.0936. The largest absolute Gasteiger partial charge is 0.492 e. The van der Waals surface area contributed by atoms with Crippen LogP contribution in [0.4, 0.5) is 19.3 Å². The predicted molar refractivity (Wildman–Crippen MR) is 186 cm³/mol. The van der Waals surface area contributed by atoms with E-state index in [9.17, 15) is 23.2 Å². The Morgan fingerprint density at radius 3 is 2.40 bits per heavy atom. The fraction of sp³-hybridized carbons (Fsp3) is 0.275. The van der Waals surface area contributed by atoms with Gasteiger partial charge in [-0.05, 0) is 73.7 Å². The van der Waals surface area contributed by atoms with Crippen molar-refractivity contribution in [2.24, 2.45) is 0 Å². The number of nitrogens with zero attached hydrogens (tertiary/aromatic N) is 1. The summed E-state index contributed by atoms with van der Waals surface area (Å²) in [5.74, 6) is -1.23. The van der Waals surface area contributed by atoms with Gasteiger partial charge in [0.05, 0.1) is 18.2 Å². The van der Waals surface area contributed by atoms with Gasteiger partial charge >= 0.3 is 6.09 Å². The third kappa shape index (κ3) is 9.13. The van der Waals surface area contributed by atoms with Gasteiger partial charge in [-0.2, -0.15) is 0 Å². The number of halogens is 2. The number of aryl methyl sites for hydroxylation is 1. The maximum Gasteiger partial charge on any atom is 0.411 e. The number of ether oxygens (including phenoxy) is 3. The third-order valence-corrected chi connectivity index (χ3v) is 8.46. The van der Waals surface area contributed by atoms with Crippen LogP contribution < -0.4 is 14.8 Å². The van der Waals surface area contributed by atoms with Gasteiger partial charge in [-0.15, -0.1) is 0 Å². The molecular formula is C40H40F2N2O6. The molecule has 2 amide bonds. The highest BCUT2D eigenvalue weighted by Crippen LogP contribution is 2.37. The number of benzene rings is 4. The molecule has 1 unspecified atom stereocenters. The lowest BCUT2D eigenvalue weighted by molar-refractivity contribution is -0.119. The summed E-state index contributed by atoms with van der Waals surface area (Å²) in [5, 5.41) is 2.65. The first-order chi connectivity index (χ1) is 24.1. The van der Waals surface area contributed by atoms with Gasteiger partial charge in [0.2, 0.25) is 0 Å². The zero-order valence-corrected chi connectivity index (χ0v) is 28.2. The van der Waals surface area contributed by atoms with E-state index >= 15 is 0 Å². The Hall–Kier alpha value is -5.51. The van der Waals surface area contributed by atoms with Crippen LogP contribution in [0.5, 0.6) is 17.2 Å². The minimum absolute atomic E-state index is 0.125. The molecule has 1 N–H and O–H groups in total. The summed E-state index contributed by atoms with van der Waals surface area (Å²) in [5.41, 5.74) is 4.14. The van der Waals surface area contributed by atoms with Gasteiger partial charge in [0, 0.05) is 36.7 Å². The van der Waals surface area contributed by atoms with Crippen LogP contribution in [-0.4, -0.2) is 35.3 Å². The Labute approximate surface area is 290 Å². The molecule has 0 saturated carbocycles. The van der Waals surface area contributed by atoms with E-state index in [1.54, 1.807) is 35.2 Å². The number of carbonyl (C=O) groups is 3. The summed E-state index contributed by atoms with van der Waals surface area (Å²) in [6, 6.07) is 22.9. The number of rotatable bonds is 16.